The lowest BCUT2D eigenvalue weighted by molar-refractivity contribution is 0.922. The van der Waals surface area contributed by atoms with Crippen molar-refractivity contribution in [2.75, 3.05) is 17.7 Å². The van der Waals surface area contributed by atoms with Gasteiger partial charge in [-0.1, -0.05) is 23.7 Å². The van der Waals surface area contributed by atoms with E-state index in [2.05, 4.69) is 24.1 Å². The molecule has 18 heavy (non-hydrogen) atoms. The first-order valence-corrected chi connectivity index (χ1v) is 6.25. The molecule has 0 amide bonds. The summed E-state index contributed by atoms with van der Waals surface area (Å²) in [6.07, 6.45) is 0. The molecule has 0 aliphatic heterocycles. The maximum Gasteiger partial charge on any atom is 0.0426 e. The molecule has 0 aliphatic rings. The van der Waals surface area contributed by atoms with Crippen molar-refractivity contribution in [2.45, 2.75) is 13.5 Å². The molecule has 3 heteroatoms. The van der Waals surface area contributed by atoms with Crippen molar-refractivity contribution in [3.63, 3.8) is 0 Å². The van der Waals surface area contributed by atoms with Crippen LogP contribution in [-0.2, 0) is 6.54 Å². The predicted octanol–water partition coefficient (Wildman–Crippen LogP) is 3.87. The third-order valence-corrected chi connectivity index (χ3v) is 3.07. The summed E-state index contributed by atoms with van der Waals surface area (Å²) in [7, 11) is 2.05. The fourth-order valence-corrected chi connectivity index (χ4v) is 2.23. The molecule has 0 spiro atoms. The van der Waals surface area contributed by atoms with Gasteiger partial charge >= 0.3 is 0 Å². The predicted molar refractivity (Wildman–Crippen MR) is 79.2 cm³/mol. The van der Waals surface area contributed by atoms with Crippen molar-refractivity contribution in [3.05, 3.63) is 58.6 Å². The van der Waals surface area contributed by atoms with E-state index in [0.717, 1.165) is 22.9 Å². The number of nitrogen functional groups attached to an aromatic ring is 1. The Bertz CT molecular complexity index is 532. The SMILES string of the molecule is Cc1cc(N)cc(N(C)Cc2cccc(Cl)c2)c1. The van der Waals surface area contributed by atoms with Crippen LogP contribution >= 0.6 is 11.6 Å². The van der Waals surface area contributed by atoms with Crippen molar-refractivity contribution in [1.29, 1.82) is 0 Å². The van der Waals surface area contributed by atoms with Gasteiger partial charge in [-0.05, 0) is 48.4 Å². The van der Waals surface area contributed by atoms with Crippen molar-refractivity contribution >= 4 is 23.0 Å². The lowest BCUT2D eigenvalue weighted by Crippen LogP contribution is -2.16. The average Bonchev–Trinajstić information content (AvgIpc) is 2.27. The maximum atomic E-state index is 5.99. The van der Waals surface area contributed by atoms with Gasteiger partial charge in [0.2, 0.25) is 0 Å². The van der Waals surface area contributed by atoms with Crippen LogP contribution in [0.1, 0.15) is 11.1 Å². The summed E-state index contributed by atoms with van der Waals surface area (Å²) < 4.78 is 0. The van der Waals surface area contributed by atoms with Gasteiger partial charge in [0.25, 0.3) is 0 Å². The Labute approximate surface area is 113 Å². The summed E-state index contributed by atoms with van der Waals surface area (Å²) in [6.45, 7) is 2.86. The summed E-state index contributed by atoms with van der Waals surface area (Å²) >= 11 is 5.99. The zero-order valence-electron chi connectivity index (χ0n) is 10.7. The fourth-order valence-electron chi connectivity index (χ4n) is 2.01. The number of aryl methyl sites for hydroxylation is 1. The first kappa shape index (κ1) is 12.8. The van der Waals surface area contributed by atoms with Gasteiger partial charge in [-0.2, -0.15) is 0 Å². The van der Waals surface area contributed by atoms with Gasteiger partial charge < -0.3 is 10.6 Å². The number of rotatable bonds is 3. The third kappa shape index (κ3) is 3.17. The van der Waals surface area contributed by atoms with Gasteiger partial charge in [0.1, 0.15) is 0 Å². The highest BCUT2D eigenvalue weighted by molar-refractivity contribution is 6.30. The summed E-state index contributed by atoms with van der Waals surface area (Å²) in [5.41, 5.74) is 10.1. The first-order valence-electron chi connectivity index (χ1n) is 5.87. The summed E-state index contributed by atoms with van der Waals surface area (Å²) in [6, 6.07) is 14.0. The molecule has 2 rings (SSSR count). The van der Waals surface area contributed by atoms with E-state index >= 15 is 0 Å². The minimum Gasteiger partial charge on any atom is -0.399 e. The molecule has 0 aliphatic carbocycles. The van der Waals surface area contributed by atoms with Gasteiger partial charge in [0, 0.05) is 30.0 Å². The number of benzene rings is 2. The van der Waals surface area contributed by atoms with E-state index < -0.39 is 0 Å². The second kappa shape index (κ2) is 5.32. The van der Waals surface area contributed by atoms with Gasteiger partial charge in [-0.3, -0.25) is 0 Å². The number of nitrogens with two attached hydrogens (primary N) is 1. The molecule has 94 valence electrons. The minimum absolute atomic E-state index is 0.768. The largest absolute Gasteiger partial charge is 0.399 e. The second-order valence-electron chi connectivity index (χ2n) is 4.59. The van der Waals surface area contributed by atoms with E-state index in [-0.39, 0.29) is 0 Å². The van der Waals surface area contributed by atoms with Crippen LogP contribution < -0.4 is 10.6 Å². The minimum atomic E-state index is 0.768. The maximum absolute atomic E-state index is 5.99. The van der Waals surface area contributed by atoms with Crippen molar-refractivity contribution in [3.8, 4) is 0 Å². The average molecular weight is 261 g/mol. The topological polar surface area (TPSA) is 29.3 Å². The zero-order valence-corrected chi connectivity index (χ0v) is 11.4. The molecule has 0 atom stereocenters. The molecule has 2 aromatic rings. The van der Waals surface area contributed by atoms with Crippen LogP contribution in [0.15, 0.2) is 42.5 Å². The molecule has 0 heterocycles. The molecule has 0 fully saturated rings. The normalized spacial score (nSPS) is 10.4. The molecular weight excluding hydrogens is 244 g/mol. The Morgan fingerprint density at radius 3 is 2.61 bits per heavy atom. The van der Waals surface area contributed by atoms with Crippen molar-refractivity contribution in [1.82, 2.24) is 0 Å². The molecular formula is C15H17ClN2. The number of anilines is 2. The Morgan fingerprint density at radius 1 is 1.17 bits per heavy atom. The molecule has 2 N–H and O–H groups in total. The molecule has 2 nitrogen and oxygen atoms in total. The van der Waals surface area contributed by atoms with Gasteiger partial charge in [0.05, 0.1) is 0 Å². The van der Waals surface area contributed by atoms with E-state index in [9.17, 15) is 0 Å². The van der Waals surface area contributed by atoms with E-state index in [4.69, 9.17) is 17.3 Å². The quantitative estimate of drug-likeness (QED) is 0.849. The Balaban J connectivity index is 2.19. The lowest BCUT2D eigenvalue weighted by Gasteiger charge is -2.20. The molecule has 2 aromatic carbocycles. The van der Waals surface area contributed by atoms with Crippen LogP contribution in [0.4, 0.5) is 11.4 Å². The van der Waals surface area contributed by atoms with Crippen LogP contribution in [-0.4, -0.2) is 7.05 Å². The van der Waals surface area contributed by atoms with Gasteiger partial charge in [-0.15, -0.1) is 0 Å². The highest BCUT2D eigenvalue weighted by Gasteiger charge is 2.04. The van der Waals surface area contributed by atoms with E-state index in [0.29, 0.717) is 0 Å². The van der Waals surface area contributed by atoms with Crippen LogP contribution in [0.25, 0.3) is 0 Å². The van der Waals surface area contributed by atoms with E-state index in [1.54, 1.807) is 0 Å². The number of halogens is 1. The lowest BCUT2D eigenvalue weighted by atomic mass is 10.1. The standard InChI is InChI=1S/C15H17ClN2/c1-11-6-14(17)9-15(7-11)18(2)10-12-4-3-5-13(16)8-12/h3-9H,10,17H2,1-2H3. The highest BCUT2D eigenvalue weighted by Crippen LogP contribution is 2.21. The molecule has 0 unspecified atom stereocenters. The van der Waals surface area contributed by atoms with Crippen LogP contribution in [0.3, 0.4) is 0 Å². The summed E-state index contributed by atoms with van der Waals surface area (Å²) in [4.78, 5) is 2.16. The van der Waals surface area contributed by atoms with Crippen LogP contribution in [0.2, 0.25) is 5.02 Å². The highest BCUT2D eigenvalue weighted by atomic mass is 35.5. The fraction of sp³-hybridized carbons (Fsp3) is 0.200. The third-order valence-electron chi connectivity index (χ3n) is 2.83. The summed E-state index contributed by atoms with van der Waals surface area (Å²) in [5, 5.41) is 0.768. The molecule has 0 aromatic heterocycles. The summed E-state index contributed by atoms with van der Waals surface area (Å²) in [5.74, 6) is 0. The molecule has 0 saturated heterocycles. The second-order valence-corrected chi connectivity index (χ2v) is 5.02. The molecule has 0 radical (unpaired) electrons. The Morgan fingerprint density at radius 2 is 1.94 bits per heavy atom. The van der Waals surface area contributed by atoms with Crippen LogP contribution in [0, 0.1) is 6.92 Å². The zero-order chi connectivity index (χ0) is 13.1. The Hall–Kier alpha value is -1.67. The molecule has 0 saturated carbocycles. The first-order chi connectivity index (χ1) is 8.54. The van der Waals surface area contributed by atoms with Gasteiger partial charge in [0.15, 0.2) is 0 Å². The van der Waals surface area contributed by atoms with Crippen molar-refractivity contribution in [2.24, 2.45) is 0 Å². The monoisotopic (exact) mass is 260 g/mol. The van der Waals surface area contributed by atoms with Gasteiger partial charge in [-0.25, -0.2) is 0 Å². The van der Waals surface area contributed by atoms with Crippen molar-refractivity contribution < 1.29 is 0 Å². The number of hydrogen-bond donors (Lipinski definition) is 1. The van der Waals surface area contributed by atoms with Crippen LogP contribution in [0.5, 0.6) is 0 Å². The number of hydrogen-bond acceptors (Lipinski definition) is 2. The smallest absolute Gasteiger partial charge is 0.0426 e. The van der Waals surface area contributed by atoms with E-state index in [1.165, 1.54) is 11.1 Å². The van der Waals surface area contributed by atoms with E-state index in [1.807, 2.05) is 37.3 Å². The Kier molecular flexibility index (Phi) is 3.78. The number of nitrogens with zero attached hydrogens (tertiary/aromatic N) is 1. The molecule has 0 bridgehead atoms.